The Morgan fingerprint density at radius 2 is 1.96 bits per heavy atom. The molecule has 0 bridgehead atoms. The molecule has 2 aromatic rings. The second-order valence-electron chi connectivity index (χ2n) is 4.84. The lowest BCUT2D eigenvalue weighted by molar-refractivity contribution is -0.138. The Balaban J connectivity index is 2.16. The lowest BCUT2D eigenvalue weighted by Crippen LogP contribution is -2.19. The maximum Gasteiger partial charge on any atom is 0.416 e. The monoisotopic (exact) mass is 355 g/mol. The van der Waals surface area contributed by atoms with Gasteiger partial charge in [0.25, 0.3) is 0 Å². The van der Waals surface area contributed by atoms with Crippen molar-refractivity contribution in [3.63, 3.8) is 0 Å². The van der Waals surface area contributed by atoms with E-state index in [9.17, 15) is 22.8 Å². The maximum absolute atomic E-state index is 13.1. The molecule has 1 amide bonds. The van der Waals surface area contributed by atoms with E-state index in [2.05, 4.69) is 15.3 Å². The number of methoxy groups -OCH3 is 1. The van der Waals surface area contributed by atoms with Crippen LogP contribution in [0.5, 0.6) is 5.75 Å². The first-order chi connectivity index (χ1) is 11.7. The number of nitrogens with zero attached hydrogens (tertiary/aromatic N) is 2. The van der Waals surface area contributed by atoms with Crippen LogP contribution in [0.3, 0.4) is 0 Å². The van der Waals surface area contributed by atoms with Crippen molar-refractivity contribution in [1.82, 2.24) is 9.97 Å². The molecule has 10 heteroatoms. The zero-order valence-corrected chi connectivity index (χ0v) is 12.8. The maximum atomic E-state index is 13.1. The van der Waals surface area contributed by atoms with Crippen molar-refractivity contribution in [2.75, 3.05) is 12.4 Å². The van der Waals surface area contributed by atoms with Gasteiger partial charge in [0, 0.05) is 0 Å². The molecule has 1 heterocycles. The number of alkyl halides is 3. The van der Waals surface area contributed by atoms with Crippen LogP contribution >= 0.6 is 0 Å². The SMILES string of the molecule is COc1ccc(CC(=O)Nc2cnc(C(=O)O)cn2)c(C(F)(F)F)c1. The highest BCUT2D eigenvalue weighted by molar-refractivity contribution is 5.92. The predicted octanol–water partition coefficient (Wildman–Crippen LogP) is 2.38. The van der Waals surface area contributed by atoms with Crippen LogP contribution in [0.25, 0.3) is 0 Å². The smallest absolute Gasteiger partial charge is 0.416 e. The molecule has 0 saturated carbocycles. The highest BCUT2D eigenvalue weighted by atomic mass is 19.4. The summed E-state index contributed by atoms with van der Waals surface area (Å²) in [6.07, 6.45) is -3.28. The molecule has 1 aromatic heterocycles. The number of ether oxygens (including phenoxy) is 1. The minimum absolute atomic E-state index is 0.0200. The topological polar surface area (TPSA) is 101 Å². The van der Waals surface area contributed by atoms with Crippen molar-refractivity contribution < 1.29 is 32.6 Å². The van der Waals surface area contributed by atoms with E-state index in [1.54, 1.807) is 0 Å². The number of carboxylic acids is 1. The van der Waals surface area contributed by atoms with Crippen LogP contribution in [0.15, 0.2) is 30.6 Å². The Hall–Kier alpha value is -3.17. The molecule has 2 N–H and O–H groups in total. The summed E-state index contributed by atoms with van der Waals surface area (Å²) in [5.41, 5.74) is -1.54. The Morgan fingerprint density at radius 1 is 1.24 bits per heavy atom. The summed E-state index contributed by atoms with van der Waals surface area (Å²) >= 11 is 0. The normalized spacial score (nSPS) is 11.0. The van der Waals surface area contributed by atoms with Crippen molar-refractivity contribution in [1.29, 1.82) is 0 Å². The van der Waals surface area contributed by atoms with Gasteiger partial charge in [0.15, 0.2) is 11.5 Å². The number of carboxylic acid groups (broad SMARTS) is 1. The first kappa shape index (κ1) is 18.2. The third-order valence-electron chi connectivity index (χ3n) is 3.11. The summed E-state index contributed by atoms with van der Waals surface area (Å²) < 4.78 is 44.1. The molecule has 132 valence electrons. The predicted molar refractivity (Wildman–Crippen MR) is 79.3 cm³/mol. The molecule has 0 atom stereocenters. The molecule has 0 radical (unpaired) electrons. The molecule has 1 aromatic carbocycles. The molecule has 7 nitrogen and oxygen atoms in total. The Bertz CT molecular complexity index is 792. The summed E-state index contributed by atoms with van der Waals surface area (Å²) in [5.74, 6) is -2.10. The summed E-state index contributed by atoms with van der Waals surface area (Å²) in [6.45, 7) is 0. The number of aromatic carboxylic acids is 1. The largest absolute Gasteiger partial charge is 0.497 e. The summed E-state index contributed by atoms with van der Waals surface area (Å²) in [6, 6.07) is 3.28. The first-order valence-electron chi connectivity index (χ1n) is 6.80. The number of benzene rings is 1. The van der Waals surface area contributed by atoms with Gasteiger partial charge in [-0.05, 0) is 17.7 Å². The summed E-state index contributed by atoms with van der Waals surface area (Å²) in [4.78, 5) is 29.8. The number of rotatable bonds is 5. The summed E-state index contributed by atoms with van der Waals surface area (Å²) in [5, 5.41) is 11.0. The van der Waals surface area contributed by atoms with Crippen LogP contribution in [0.1, 0.15) is 21.6 Å². The lowest BCUT2D eigenvalue weighted by atomic mass is 10.0. The number of aromatic nitrogens is 2. The fourth-order valence-corrected chi connectivity index (χ4v) is 1.96. The van der Waals surface area contributed by atoms with Crippen LogP contribution in [0.2, 0.25) is 0 Å². The Kier molecular flexibility index (Phi) is 5.20. The van der Waals surface area contributed by atoms with Crippen molar-refractivity contribution in [3.8, 4) is 5.75 Å². The van der Waals surface area contributed by atoms with E-state index < -0.39 is 30.0 Å². The second kappa shape index (κ2) is 7.16. The fourth-order valence-electron chi connectivity index (χ4n) is 1.96. The van der Waals surface area contributed by atoms with E-state index in [4.69, 9.17) is 9.84 Å². The van der Waals surface area contributed by atoms with Gasteiger partial charge in [-0.2, -0.15) is 13.2 Å². The van der Waals surface area contributed by atoms with Gasteiger partial charge >= 0.3 is 12.1 Å². The van der Waals surface area contributed by atoms with E-state index in [-0.39, 0.29) is 22.8 Å². The Morgan fingerprint density at radius 3 is 2.48 bits per heavy atom. The van der Waals surface area contributed by atoms with Gasteiger partial charge in [-0.25, -0.2) is 14.8 Å². The van der Waals surface area contributed by atoms with Gasteiger partial charge in [0.05, 0.1) is 31.5 Å². The van der Waals surface area contributed by atoms with Gasteiger partial charge in [-0.1, -0.05) is 6.07 Å². The second-order valence-corrected chi connectivity index (χ2v) is 4.84. The van der Waals surface area contributed by atoms with Gasteiger partial charge in [-0.15, -0.1) is 0 Å². The number of nitrogens with one attached hydrogen (secondary N) is 1. The number of anilines is 1. The zero-order valence-electron chi connectivity index (χ0n) is 12.8. The van der Waals surface area contributed by atoms with E-state index in [1.165, 1.54) is 13.2 Å². The van der Waals surface area contributed by atoms with Crippen LogP contribution in [-0.2, 0) is 17.4 Å². The fraction of sp³-hybridized carbons (Fsp3) is 0.200. The van der Waals surface area contributed by atoms with Gasteiger partial charge in [0.1, 0.15) is 5.75 Å². The van der Waals surface area contributed by atoms with Gasteiger partial charge in [0.2, 0.25) is 5.91 Å². The molecule has 0 spiro atoms. The average molecular weight is 355 g/mol. The van der Waals surface area contributed by atoms with Crippen molar-refractivity contribution in [3.05, 3.63) is 47.4 Å². The third-order valence-corrected chi connectivity index (χ3v) is 3.11. The van der Waals surface area contributed by atoms with Crippen molar-refractivity contribution in [2.24, 2.45) is 0 Å². The standard InChI is InChI=1S/C15H12F3N3O4/c1-25-9-3-2-8(10(5-9)15(16,17)18)4-13(22)21-12-7-19-11(6-20-12)14(23)24/h2-3,5-7H,4H2,1H3,(H,23,24)(H,20,21,22). The van der Waals surface area contributed by atoms with E-state index >= 15 is 0 Å². The number of halogens is 3. The van der Waals surface area contributed by atoms with E-state index in [0.29, 0.717) is 0 Å². The van der Waals surface area contributed by atoms with Crippen molar-refractivity contribution >= 4 is 17.7 Å². The average Bonchev–Trinajstić information content (AvgIpc) is 2.54. The lowest BCUT2D eigenvalue weighted by Gasteiger charge is -2.14. The van der Waals surface area contributed by atoms with Crippen molar-refractivity contribution in [2.45, 2.75) is 12.6 Å². The van der Waals surface area contributed by atoms with Crippen LogP contribution < -0.4 is 10.1 Å². The summed E-state index contributed by atoms with van der Waals surface area (Å²) in [7, 11) is 1.24. The Labute approximate surface area is 139 Å². The number of carbonyl (C=O) groups excluding carboxylic acids is 1. The molecular formula is C15H12F3N3O4. The number of amides is 1. The third kappa shape index (κ3) is 4.66. The molecule has 25 heavy (non-hydrogen) atoms. The minimum Gasteiger partial charge on any atom is -0.497 e. The molecule has 2 rings (SSSR count). The van der Waals surface area contributed by atoms with E-state index in [1.807, 2.05) is 0 Å². The highest BCUT2D eigenvalue weighted by Gasteiger charge is 2.34. The zero-order chi connectivity index (χ0) is 18.6. The molecule has 0 aliphatic rings. The molecule has 0 fully saturated rings. The number of carbonyl (C=O) groups is 2. The molecule has 0 aliphatic carbocycles. The molecular weight excluding hydrogens is 343 g/mol. The molecule has 0 unspecified atom stereocenters. The van der Waals surface area contributed by atoms with Gasteiger partial charge < -0.3 is 15.2 Å². The first-order valence-corrected chi connectivity index (χ1v) is 6.80. The number of hydrogen-bond acceptors (Lipinski definition) is 5. The molecule has 0 aliphatic heterocycles. The van der Waals surface area contributed by atoms with Gasteiger partial charge in [-0.3, -0.25) is 4.79 Å². The van der Waals surface area contributed by atoms with Crippen LogP contribution in [-0.4, -0.2) is 34.1 Å². The molecule has 0 saturated heterocycles. The minimum atomic E-state index is -4.65. The van der Waals surface area contributed by atoms with E-state index in [0.717, 1.165) is 24.5 Å². The van der Waals surface area contributed by atoms with Crippen LogP contribution in [0.4, 0.5) is 19.0 Å². The highest BCUT2D eigenvalue weighted by Crippen LogP contribution is 2.34. The van der Waals surface area contributed by atoms with Crippen LogP contribution in [0, 0.1) is 0 Å². The number of hydrogen-bond donors (Lipinski definition) is 2. The quantitative estimate of drug-likeness (QED) is 0.854.